The van der Waals surface area contributed by atoms with E-state index in [2.05, 4.69) is 10.3 Å². The zero-order chi connectivity index (χ0) is 15.3. The number of aliphatic hydroxyl groups is 1. The molecule has 1 aromatic rings. The molecule has 6 nitrogen and oxygen atoms in total. The summed E-state index contributed by atoms with van der Waals surface area (Å²) in [5, 5.41) is 13.4. The van der Waals surface area contributed by atoms with Crippen LogP contribution in [-0.4, -0.2) is 59.8 Å². The molecule has 0 bridgehead atoms. The molecule has 0 aromatic carbocycles. The van der Waals surface area contributed by atoms with Gasteiger partial charge >= 0.3 is 0 Å². The predicted octanol–water partition coefficient (Wildman–Crippen LogP) is 0.973. The Morgan fingerprint density at radius 2 is 2.20 bits per heavy atom. The highest BCUT2D eigenvalue weighted by atomic mass is 32.1. The predicted molar refractivity (Wildman–Crippen MR) is 79.4 cm³/mol. The Hall–Kier alpha value is -1.18. The number of aromatic nitrogens is 1. The van der Waals surface area contributed by atoms with Gasteiger partial charge in [0.1, 0.15) is 17.6 Å². The number of hydrogen-bond donors (Lipinski definition) is 2. The van der Waals surface area contributed by atoms with Crippen molar-refractivity contribution in [3.8, 4) is 5.19 Å². The summed E-state index contributed by atoms with van der Waals surface area (Å²) in [5.41, 5.74) is -0.0482. The van der Waals surface area contributed by atoms with Crippen LogP contribution in [-0.2, 0) is 0 Å². The summed E-state index contributed by atoms with van der Waals surface area (Å²) in [5.74, 6) is -0.104. The number of carbonyl (C=O) groups excluding carboxylic acids is 1. The zero-order valence-corrected chi connectivity index (χ0v) is 13.5. The first kappa shape index (κ1) is 16.9. The average molecular weight is 301 g/mol. The lowest BCUT2D eigenvalue weighted by Gasteiger charge is -2.22. The summed E-state index contributed by atoms with van der Waals surface area (Å²) in [6, 6.07) is 0. The Balaban J connectivity index is 2.41. The van der Waals surface area contributed by atoms with Crippen molar-refractivity contribution in [1.82, 2.24) is 15.2 Å². The van der Waals surface area contributed by atoms with Crippen LogP contribution < -0.4 is 10.1 Å². The second kappa shape index (κ2) is 7.01. The van der Waals surface area contributed by atoms with Crippen LogP contribution in [0.25, 0.3) is 0 Å². The third kappa shape index (κ3) is 5.85. The summed E-state index contributed by atoms with van der Waals surface area (Å²) in [4.78, 5) is 17.7. The summed E-state index contributed by atoms with van der Waals surface area (Å²) < 4.78 is 5.39. The van der Waals surface area contributed by atoms with Gasteiger partial charge in [0.05, 0.1) is 6.20 Å². The molecule has 1 amide bonds. The maximum atomic E-state index is 11.7. The van der Waals surface area contributed by atoms with Crippen molar-refractivity contribution in [2.45, 2.75) is 32.4 Å². The molecule has 1 heterocycles. The lowest BCUT2D eigenvalue weighted by molar-refractivity contribution is 0.0832. The molecule has 20 heavy (non-hydrogen) atoms. The molecule has 1 atom stereocenters. The van der Waals surface area contributed by atoms with Crippen molar-refractivity contribution in [1.29, 1.82) is 0 Å². The van der Waals surface area contributed by atoms with Gasteiger partial charge in [-0.25, -0.2) is 4.98 Å². The lowest BCUT2D eigenvalue weighted by atomic mass is 10.1. The average Bonchev–Trinajstić information content (AvgIpc) is 2.80. The van der Waals surface area contributed by atoms with E-state index in [4.69, 9.17) is 4.74 Å². The van der Waals surface area contributed by atoms with E-state index >= 15 is 0 Å². The van der Waals surface area contributed by atoms with Gasteiger partial charge in [-0.15, -0.1) is 0 Å². The van der Waals surface area contributed by atoms with Crippen LogP contribution in [0.4, 0.5) is 0 Å². The fourth-order valence-electron chi connectivity index (χ4n) is 1.29. The fraction of sp³-hybridized carbons (Fsp3) is 0.692. The molecule has 2 N–H and O–H groups in total. The van der Waals surface area contributed by atoms with E-state index < -0.39 is 6.10 Å². The minimum absolute atomic E-state index is 0.0482. The summed E-state index contributed by atoms with van der Waals surface area (Å²) in [6.07, 6.45) is 0.869. The quantitative estimate of drug-likeness (QED) is 0.819. The third-order valence-electron chi connectivity index (χ3n) is 2.37. The first-order valence-corrected chi connectivity index (χ1v) is 7.24. The SMILES string of the molecule is CN(C)C(=O)c1cnc(OCC(O)CNC(C)(C)C)s1. The molecule has 7 heteroatoms. The van der Waals surface area contributed by atoms with Gasteiger partial charge in [-0.05, 0) is 20.8 Å². The minimum atomic E-state index is -0.619. The van der Waals surface area contributed by atoms with Gasteiger partial charge in [0.15, 0.2) is 0 Å². The van der Waals surface area contributed by atoms with E-state index in [0.29, 0.717) is 16.6 Å². The Morgan fingerprint density at radius 1 is 1.55 bits per heavy atom. The summed E-state index contributed by atoms with van der Waals surface area (Å²) in [6.45, 7) is 6.67. The van der Waals surface area contributed by atoms with Crippen molar-refractivity contribution >= 4 is 17.2 Å². The Labute approximate surface area is 123 Å². The number of aliphatic hydroxyl groups excluding tert-OH is 1. The van der Waals surface area contributed by atoms with Crippen molar-refractivity contribution < 1.29 is 14.6 Å². The molecular weight excluding hydrogens is 278 g/mol. The van der Waals surface area contributed by atoms with Crippen LogP contribution in [0.1, 0.15) is 30.4 Å². The third-order valence-corrected chi connectivity index (χ3v) is 3.27. The highest BCUT2D eigenvalue weighted by molar-refractivity contribution is 7.15. The van der Waals surface area contributed by atoms with Gasteiger partial charge in [-0.3, -0.25) is 4.79 Å². The van der Waals surface area contributed by atoms with E-state index in [1.54, 1.807) is 14.1 Å². The molecule has 114 valence electrons. The van der Waals surface area contributed by atoms with Gasteiger partial charge < -0.3 is 20.1 Å². The fourth-order valence-corrected chi connectivity index (χ4v) is 2.09. The Morgan fingerprint density at radius 3 is 2.75 bits per heavy atom. The summed E-state index contributed by atoms with van der Waals surface area (Å²) >= 11 is 1.18. The Kier molecular flexibility index (Phi) is 5.91. The van der Waals surface area contributed by atoms with E-state index in [0.717, 1.165) is 0 Å². The molecule has 1 unspecified atom stereocenters. The molecule has 0 fully saturated rings. The van der Waals surface area contributed by atoms with Gasteiger partial charge in [-0.1, -0.05) is 11.3 Å². The molecule has 1 rings (SSSR count). The maximum Gasteiger partial charge on any atom is 0.273 e. The van der Waals surface area contributed by atoms with E-state index in [9.17, 15) is 9.90 Å². The van der Waals surface area contributed by atoms with Gasteiger partial charge in [0.25, 0.3) is 11.1 Å². The van der Waals surface area contributed by atoms with E-state index in [-0.39, 0.29) is 18.1 Å². The number of rotatable bonds is 6. The number of thiazole rings is 1. The molecule has 0 radical (unpaired) electrons. The Bertz CT molecular complexity index is 440. The number of ether oxygens (including phenoxy) is 1. The zero-order valence-electron chi connectivity index (χ0n) is 12.6. The number of nitrogens with one attached hydrogen (secondary N) is 1. The number of hydrogen-bond acceptors (Lipinski definition) is 6. The topological polar surface area (TPSA) is 74.7 Å². The van der Waals surface area contributed by atoms with Crippen LogP contribution in [0.3, 0.4) is 0 Å². The standard InChI is InChI=1S/C13H23N3O3S/c1-13(2,3)15-6-9(17)8-19-12-14-7-10(20-12)11(18)16(4)5/h7,9,15,17H,6,8H2,1-5H3. The maximum absolute atomic E-state index is 11.7. The first-order chi connectivity index (χ1) is 9.19. The van der Waals surface area contributed by atoms with Gasteiger partial charge in [0, 0.05) is 26.2 Å². The monoisotopic (exact) mass is 301 g/mol. The second-order valence-corrected chi connectivity index (χ2v) is 6.78. The number of nitrogens with zero attached hydrogens (tertiary/aromatic N) is 2. The van der Waals surface area contributed by atoms with Crippen molar-refractivity contribution in [3.05, 3.63) is 11.1 Å². The normalized spacial score (nSPS) is 13.1. The number of amides is 1. The van der Waals surface area contributed by atoms with Gasteiger partial charge in [0.2, 0.25) is 0 Å². The van der Waals surface area contributed by atoms with Gasteiger partial charge in [-0.2, -0.15) is 0 Å². The smallest absolute Gasteiger partial charge is 0.273 e. The van der Waals surface area contributed by atoms with Crippen LogP contribution in [0.2, 0.25) is 0 Å². The molecule has 0 aliphatic heterocycles. The highest BCUT2D eigenvalue weighted by Crippen LogP contribution is 2.21. The van der Waals surface area contributed by atoms with Crippen LogP contribution >= 0.6 is 11.3 Å². The van der Waals surface area contributed by atoms with Crippen LogP contribution in [0.5, 0.6) is 5.19 Å². The molecule has 0 aliphatic carbocycles. The first-order valence-electron chi connectivity index (χ1n) is 6.42. The highest BCUT2D eigenvalue weighted by Gasteiger charge is 2.15. The van der Waals surface area contributed by atoms with Crippen molar-refractivity contribution in [2.24, 2.45) is 0 Å². The van der Waals surface area contributed by atoms with E-state index in [1.165, 1.54) is 22.4 Å². The van der Waals surface area contributed by atoms with Crippen molar-refractivity contribution in [2.75, 3.05) is 27.2 Å². The van der Waals surface area contributed by atoms with Crippen molar-refractivity contribution in [3.63, 3.8) is 0 Å². The molecular formula is C13H23N3O3S. The molecule has 0 saturated carbocycles. The lowest BCUT2D eigenvalue weighted by Crippen LogP contribution is -2.42. The molecule has 0 aliphatic rings. The largest absolute Gasteiger partial charge is 0.467 e. The molecule has 0 spiro atoms. The molecule has 1 aromatic heterocycles. The summed E-state index contributed by atoms with van der Waals surface area (Å²) in [7, 11) is 3.37. The number of carbonyl (C=O) groups is 1. The second-order valence-electron chi connectivity index (χ2n) is 5.79. The van der Waals surface area contributed by atoms with Crippen LogP contribution in [0.15, 0.2) is 6.20 Å². The molecule has 0 saturated heterocycles. The van der Waals surface area contributed by atoms with Crippen LogP contribution in [0, 0.1) is 0 Å². The van der Waals surface area contributed by atoms with E-state index in [1.807, 2.05) is 20.8 Å². The minimum Gasteiger partial charge on any atom is -0.467 e. The number of β-amino-alcohol motifs (C(OH)–C–C–N with tert-alkyl or cyclic N) is 1.